The molecule has 2 amide bonds. The fourth-order valence-electron chi connectivity index (χ4n) is 3.10. The second kappa shape index (κ2) is 9.88. The Bertz CT molecular complexity index is 1190. The number of anilines is 2. The van der Waals surface area contributed by atoms with Crippen LogP contribution in [0.2, 0.25) is 5.02 Å². The summed E-state index contributed by atoms with van der Waals surface area (Å²) in [5.74, 6) is -0.431. The van der Waals surface area contributed by atoms with E-state index in [1.807, 2.05) is 0 Å². The van der Waals surface area contributed by atoms with Crippen molar-refractivity contribution in [3.8, 4) is 0 Å². The van der Waals surface area contributed by atoms with Crippen LogP contribution in [-0.4, -0.2) is 32.5 Å². The average molecular weight is 476 g/mol. The van der Waals surface area contributed by atoms with Gasteiger partial charge in [-0.2, -0.15) is 0 Å². The second-order valence-corrected chi connectivity index (χ2v) is 9.30. The fraction of sp³-hybridized carbons (Fsp3) is 0.182. The van der Waals surface area contributed by atoms with Crippen molar-refractivity contribution in [3.63, 3.8) is 0 Å². The van der Waals surface area contributed by atoms with Gasteiger partial charge >= 0.3 is 0 Å². The van der Waals surface area contributed by atoms with Crippen LogP contribution in [0.3, 0.4) is 0 Å². The Morgan fingerprint density at radius 3 is 2.38 bits per heavy atom. The lowest BCUT2D eigenvalue weighted by Gasteiger charge is -2.28. The number of para-hydroxylation sites is 1. The molecule has 0 unspecified atom stereocenters. The third kappa shape index (κ3) is 5.68. The number of nitrogens with one attached hydrogen (secondary N) is 2. The summed E-state index contributed by atoms with van der Waals surface area (Å²) in [6.07, 6.45) is 2.52. The SMILES string of the molecule is C[C@@H](C(=O)Nc1ccccc1C(=O)NCc1ccco1)N(c1ccc(Cl)cc1)S(C)(=O)=O. The van der Waals surface area contributed by atoms with Crippen molar-refractivity contribution >= 4 is 44.8 Å². The van der Waals surface area contributed by atoms with E-state index in [2.05, 4.69) is 10.6 Å². The standard InChI is InChI=1S/C22H22ClN3O5S/c1-15(26(32(2,29)30)17-11-9-16(23)10-12-17)21(27)25-20-8-4-3-7-19(20)22(28)24-14-18-6-5-13-31-18/h3-13,15H,14H2,1-2H3,(H,24,28)(H,25,27)/t15-/m0/s1. The molecule has 0 aliphatic rings. The van der Waals surface area contributed by atoms with Crippen LogP contribution >= 0.6 is 11.6 Å². The minimum absolute atomic E-state index is 0.183. The van der Waals surface area contributed by atoms with Gasteiger partial charge in [0.05, 0.1) is 36.0 Å². The summed E-state index contributed by atoms with van der Waals surface area (Å²) in [6, 6.07) is 14.9. The smallest absolute Gasteiger partial charge is 0.253 e. The number of amides is 2. The first-order chi connectivity index (χ1) is 15.2. The first-order valence-corrected chi connectivity index (χ1v) is 11.8. The van der Waals surface area contributed by atoms with E-state index in [1.54, 1.807) is 48.5 Å². The molecular formula is C22H22ClN3O5S. The van der Waals surface area contributed by atoms with Crippen molar-refractivity contribution in [3.05, 3.63) is 83.3 Å². The Hall–Kier alpha value is -3.30. The molecule has 0 spiro atoms. The van der Waals surface area contributed by atoms with Crippen LogP contribution in [0.4, 0.5) is 11.4 Å². The van der Waals surface area contributed by atoms with Crippen LogP contribution in [0.5, 0.6) is 0 Å². The molecular weight excluding hydrogens is 454 g/mol. The van der Waals surface area contributed by atoms with Gasteiger partial charge in [-0.1, -0.05) is 23.7 Å². The van der Waals surface area contributed by atoms with E-state index in [4.69, 9.17) is 16.0 Å². The maximum absolute atomic E-state index is 13.0. The van der Waals surface area contributed by atoms with E-state index in [9.17, 15) is 18.0 Å². The van der Waals surface area contributed by atoms with Crippen molar-refractivity contribution in [2.45, 2.75) is 19.5 Å². The molecule has 168 valence electrons. The van der Waals surface area contributed by atoms with E-state index in [0.29, 0.717) is 16.5 Å². The zero-order chi connectivity index (χ0) is 23.3. The van der Waals surface area contributed by atoms with Crippen LogP contribution in [0.1, 0.15) is 23.0 Å². The molecule has 3 rings (SSSR count). The van der Waals surface area contributed by atoms with Crippen LogP contribution in [-0.2, 0) is 21.4 Å². The van der Waals surface area contributed by atoms with Crippen molar-refractivity contribution in [2.24, 2.45) is 0 Å². The summed E-state index contributed by atoms with van der Waals surface area (Å²) in [6.45, 7) is 1.65. The topological polar surface area (TPSA) is 109 Å². The molecule has 0 saturated carbocycles. The summed E-state index contributed by atoms with van der Waals surface area (Å²) in [5.41, 5.74) is 0.784. The third-order valence-corrected chi connectivity index (χ3v) is 6.10. The van der Waals surface area contributed by atoms with Gasteiger partial charge in [0.1, 0.15) is 11.8 Å². The minimum Gasteiger partial charge on any atom is -0.467 e. The monoisotopic (exact) mass is 475 g/mol. The first-order valence-electron chi connectivity index (χ1n) is 9.62. The number of halogens is 1. The minimum atomic E-state index is -3.79. The maximum Gasteiger partial charge on any atom is 0.253 e. The number of carbonyl (C=O) groups is 2. The van der Waals surface area contributed by atoms with Crippen LogP contribution in [0, 0.1) is 0 Å². The number of rotatable bonds is 8. The Morgan fingerprint density at radius 1 is 1.06 bits per heavy atom. The first kappa shape index (κ1) is 23.4. The number of sulfonamides is 1. The molecule has 1 atom stereocenters. The lowest BCUT2D eigenvalue weighted by Crippen LogP contribution is -2.45. The molecule has 0 bridgehead atoms. The van der Waals surface area contributed by atoms with E-state index in [-0.39, 0.29) is 17.8 Å². The molecule has 1 heterocycles. The molecule has 0 aliphatic heterocycles. The van der Waals surface area contributed by atoms with E-state index in [0.717, 1.165) is 10.6 Å². The number of furan rings is 1. The fourth-order valence-corrected chi connectivity index (χ4v) is 4.40. The van der Waals surface area contributed by atoms with Crippen LogP contribution in [0.15, 0.2) is 71.3 Å². The Morgan fingerprint density at radius 2 is 1.75 bits per heavy atom. The largest absolute Gasteiger partial charge is 0.467 e. The molecule has 3 aromatic rings. The van der Waals surface area contributed by atoms with Gasteiger partial charge in [0.2, 0.25) is 15.9 Å². The van der Waals surface area contributed by atoms with Crippen molar-refractivity contribution in [1.82, 2.24) is 5.32 Å². The number of carbonyl (C=O) groups excluding carboxylic acids is 2. The van der Waals surface area contributed by atoms with Gasteiger partial charge in [-0.05, 0) is 55.5 Å². The van der Waals surface area contributed by atoms with E-state index < -0.39 is 27.9 Å². The number of hydrogen-bond acceptors (Lipinski definition) is 5. The molecule has 2 aromatic carbocycles. The lowest BCUT2D eigenvalue weighted by atomic mass is 10.1. The summed E-state index contributed by atoms with van der Waals surface area (Å²) in [4.78, 5) is 25.6. The molecule has 2 N–H and O–H groups in total. The van der Waals surface area contributed by atoms with Gasteiger partial charge in [0.25, 0.3) is 5.91 Å². The maximum atomic E-state index is 13.0. The molecule has 0 radical (unpaired) electrons. The molecule has 10 heteroatoms. The van der Waals surface area contributed by atoms with Crippen LogP contribution in [0.25, 0.3) is 0 Å². The molecule has 32 heavy (non-hydrogen) atoms. The van der Waals surface area contributed by atoms with Gasteiger partial charge in [-0.25, -0.2) is 8.42 Å². The molecule has 1 aromatic heterocycles. The van der Waals surface area contributed by atoms with E-state index >= 15 is 0 Å². The quantitative estimate of drug-likeness (QED) is 0.516. The van der Waals surface area contributed by atoms with Gasteiger partial charge in [0, 0.05) is 5.02 Å². The number of benzene rings is 2. The zero-order valence-electron chi connectivity index (χ0n) is 17.4. The van der Waals surface area contributed by atoms with Crippen molar-refractivity contribution in [2.75, 3.05) is 15.9 Å². The van der Waals surface area contributed by atoms with Gasteiger partial charge in [-0.3, -0.25) is 13.9 Å². The Kier molecular flexibility index (Phi) is 7.22. The van der Waals surface area contributed by atoms with Crippen LogP contribution < -0.4 is 14.9 Å². The van der Waals surface area contributed by atoms with Gasteiger partial charge in [0.15, 0.2) is 0 Å². The molecule has 0 fully saturated rings. The number of nitrogens with zero attached hydrogens (tertiary/aromatic N) is 1. The van der Waals surface area contributed by atoms with Crippen molar-refractivity contribution < 1.29 is 22.4 Å². The Balaban J connectivity index is 1.79. The van der Waals surface area contributed by atoms with E-state index in [1.165, 1.54) is 25.3 Å². The summed E-state index contributed by atoms with van der Waals surface area (Å²) >= 11 is 5.89. The number of hydrogen-bond donors (Lipinski definition) is 2. The predicted molar refractivity (Wildman–Crippen MR) is 123 cm³/mol. The normalized spacial score (nSPS) is 12.1. The molecule has 8 nitrogen and oxygen atoms in total. The highest BCUT2D eigenvalue weighted by molar-refractivity contribution is 7.92. The lowest BCUT2D eigenvalue weighted by molar-refractivity contribution is -0.116. The average Bonchev–Trinajstić information content (AvgIpc) is 3.26. The summed E-state index contributed by atoms with van der Waals surface area (Å²) < 4.78 is 31.1. The predicted octanol–water partition coefficient (Wildman–Crippen LogP) is 3.66. The highest BCUT2D eigenvalue weighted by Gasteiger charge is 2.29. The second-order valence-electron chi connectivity index (χ2n) is 7.01. The third-order valence-electron chi connectivity index (χ3n) is 4.60. The van der Waals surface area contributed by atoms with Gasteiger partial charge < -0.3 is 15.1 Å². The summed E-state index contributed by atoms with van der Waals surface area (Å²) in [7, 11) is -3.79. The zero-order valence-corrected chi connectivity index (χ0v) is 19.0. The Labute approximate surface area is 191 Å². The molecule has 0 aliphatic carbocycles. The highest BCUT2D eigenvalue weighted by Crippen LogP contribution is 2.24. The molecule has 0 saturated heterocycles. The van der Waals surface area contributed by atoms with Crippen molar-refractivity contribution in [1.29, 1.82) is 0 Å². The van der Waals surface area contributed by atoms with Gasteiger partial charge in [-0.15, -0.1) is 0 Å². The highest BCUT2D eigenvalue weighted by atomic mass is 35.5. The summed E-state index contributed by atoms with van der Waals surface area (Å²) in [5, 5.41) is 5.82.